The molecule has 0 aliphatic heterocycles. The van der Waals surface area contributed by atoms with E-state index in [-0.39, 0.29) is 11.9 Å². The molecule has 1 heterocycles. The largest absolute Gasteiger partial charge is 0.495 e. The molecule has 0 bridgehead atoms. The Morgan fingerprint density at radius 2 is 1.88 bits per heavy atom. The number of hydrogen-bond acceptors (Lipinski definition) is 5. The maximum atomic E-state index is 12.3. The number of urea groups is 1. The number of benzene rings is 2. The Kier molecular flexibility index (Phi) is 5.48. The van der Waals surface area contributed by atoms with E-state index in [4.69, 9.17) is 4.74 Å². The summed E-state index contributed by atoms with van der Waals surface area (Å²) in [6, 6.07) is 15.3. The van der Waals surface area contributed by atoms with Crippen molar-refractivity contribution in [1.29, 1.82) is 0 Å². The summed E-state index contributed by atoms with van der Waals surface area (Å²) in [7, 11) is 1.57. The molecule has 0 fully saturated rings. The van der Waals surface area contributed by atoms with Crippen LogP contribution in [0.5, 0.6) is 5.75 Å². The first-order chi connectivity index (χ1) is 12.6. The number of methoxy groups -OCH3 is 1. The van der Waals surface area contributed by atoms with E-state index in [1.54, 1.807) is 7.11 Å². The van der Waals surface area contributed by atoms with Crippen LogP contribution in [-0.4, -0.2) is 23.3 Å². The molecule has 3 aromatic rings. The minimum atomic E-state index is -0.385. The number of carbonyl (C=O) groups is 1. The number of rotatable bonds is 5. The Morgan fingerprint density at radius 3 is 2.62 bits per heavy atom. The van der Waals surface area contributed by atoms with Crippen LogP contribution in [0.3, 0.4) is 0 Å². The third-order valence-corrected chi connectivity index (χ3v) is 4.96. The number of hydrogen-bond donors (Lipinski definition) is 2. The van der Waals surface area contributed by atoms with Crippen molar-refractivity contribution >= 4 is 28.2 Å². The summed E-state index contributed by atoms with van der Waals surface area (Å²) >= 11 is 1.36. The summed E-state index contributed by atoms with van der Waals surface area (Å²) in [6.07, 6.45) is 0. The highest BCUT2D eigenvalue weighted by atomic mass is 32.1. The van der Waals surface area contributed by atoms with Gasteiger partial charge in [-0.15, -0.1) is 10.2 Å². The van der Waals surface area contributed by atoms with Crippen molar-refractivity contribution in [1.82, 2.24) is 10.2 Å². The number of amides is 2. The highest BCUT2D eigenvalue weighted by molar-refractivity contribution is 7.15. The van der Waals surface area contributed by atoms with Crippen molar-refractivity contribution < 1.29 is 9.53 Å². The highest BCUT2D eigenvalue weighted by Crippen LogP contribution is 2.29. The summed E-state index contributed by atoms with van der Waals surface area (Å²) in [5.41, 5.74) is 2.78. The molecule has 0 saturated carbocycles. The van der Waals surface area contributed by atoms with Crippen LogP contribution in [0.4, 0.5) is 15.6 Å². The molecule has 1 unspecified atom stereocenters. The Morgan fingerprint density at radius 1 is 1.12 bits per heavy atom. The van der Waals surface area contributed by atoms with Crippen molar-refractivity contribution in [3.63, 3.8) is 0 Å². The van der Waals surface area contributed by atoms with E-state index in [0.29, 0.717) is 16.6 Å². The number of anilines is 2. The van der Waals surface area contributed by atoms with E-state index in [9.17, 15) is 4.79 Å². The van der Waals surface area contributed by atoms with Gasteiger partial charge in [0.1, 0.15) is 10.8 Å². The summed E-state index contributed by atoms with van der Waals surface area (Å²) in [5, 5.41) is 15.1. The van der Waals surface area contributed by atoms with Crippen molar-refractivity contribution in [3.05, 3.63) is 64.7 Å². The van der Waals surface area contributed by atoms with Crippen molar-refractivity contribution in [2.45, 2.75) is 19.8 Å². The minimum absolute atomic E-state index is 0.115. The predicted octanol–water partition coefficient (Wildman–Crippen LogP) is 4.65. The third-order valence-electron chi connectivity index (χ3n) is 3.93. The average molecular weight is 368 g/mol. The lowest BCUT2D eigenvalue weighted by atomic mass is 10.0. The van der Waals surface area contributed by atoms with Gasteiger partial charge in [-0.2, -0.15) is 0 Å². The first-order valence-corrected chi connectivity index (χ1v) is 8.99. The predicted molar refractivity (Wildman–Crippen MR) is 104 cm³/mol. The molecule has 3 rings (SSSR count). The Balaban J connectivity index is 1.68. The monoisotopic (exact) mass is 368 g/mol. The quantitative estimate of drug-likeness (QED) is 0.687. The second-order valence-electron chi connectivity index (χ2n) is 5.86. The van der Waals surface area contributed by atoms with Crippen LogP contribution in [0.15, 0.2) is 48.5 Å². The number of carbonyl (C=O) groups excluding carboxylic acids is 1. The van der Waals surface area contributed by atoms with Gasteiger partial charge in [0.05, 0.1) is 12.8 Å². The summed E-state index contributed by atoms with van der Waals surface area (Å²) in [5.74, 6) is 0.714. The van der Waals surface area contributed by atoms with Gasteiger partial charge < -0.3 is 10.1 Å². The molecule has 0 saturated heterocycles. The van der Waals surface area contributed by atoms with Gasteiger partial charge in [-0.1, -0.05) is 54.7 Å². The second-order valence-corrected chi connectivity index (χ2v) is 6.87. The van der Waals surface area contributed by atoms with Crippen LogP contribution < -0.4 is 15.4 Å². The van der Waals surface area contributed by atoms with Gasteiger partial charge in [0.15, 0.2) is 0 Å². The summed E-state index contributed by atoms with van der Waals surface area (Å²) in [4.78, 5) is 12.3. The Labute approximate surface area is 156 Å². The maximum absolute atomic E-state index is 12.3. The molecular weight excluding hydrogens is 348 g/mol. The molecule has 7 heteroatoms. The second kappa shape index (κ2) is 7.97. The molecule has 0 aliphatic rings. The smallest absolute Gasteiger partial charge is 0.325 e. The van der Waals surface area contributed by atoms with Gasteiger partial charge >= 0.3 is 6.03 Å². The first kappa shape index (κ1) is 17.9. The van der Waals surface area contributed by atoms with Gasteiger partial charge in [0.2, 0.25) is 5.13 Å². The fourth-order valence-corrected chi connectivity index (χ4v) is 3.33. The van der Waals surface area contributed by atoms with E-state index >= 15 is 0 Å². The number of aromatic nitrogens is 2. The lowest BCUT2D eigenvalue weighted by Crippen LogP contribution is -2.19. The zero-order chi connectivity index (χ0) is 18.5. The molecule has 6 nitrogen and oxygen atoms in total. The van der Waals surface area contributed by atoms with Crippen LogP contribution in [-0.2, 0) is 0 Å². The van der Waals surface area contributed by atoms with Crippen molar-refractivity contribution in [2.24, 2.45) is 0 Å². The SMILES string of the molecule is COc1ccc(C)cc1NC(=O)Nc1nnc(C(C)c2ccccc2)s1. The third kappa shape index (κ3) is 4.18. The molecule has 0 radical (unpaired) electrons. The van der Waals surface area contributed by atoms with E-state index in [0.717, 1.165) is 16.1 Å². The average Bonchev–Trinajstić information content (AvgIpc) is 3.10. The number of ether oxygens (including phenoxy) is 1. The Bertz CT molecular complexity index is 896. The van der Waals surface area contributed by atoms with Crippen molar-refractivity contribution in [2.75, 3.05) is 17.7 Å². The highest BCUT2D eigenvalue weighted by Gasteiger charge is 2.16. The Hall–Kier alpha value is -2.93. The van der Waals surface area contributed by atoms with E-state index in [1.807, 2.05) is 43.3 Å². The van der Waals surface area contributed by atoms with E-state index in [1.165, 1.54) is 11.3 Å². The van der Waals surface area contributed by atoms with Crippen LogP contribution in [0.25, 0.3) is 0 Å². The van der Waals surface area contributed by atoms with Gasteiger partial charge in [0.25, 0.3) is 0 Å². The van der Waals surface area contributed by atoms with Gasteiger partial charge in [0, 0.05) is 5.92 Å². The van der Waals surface area contributed by atoms with Crippen LogP contribution in [0.1, 0.15) is 29.0 Å². The zero-order valence-corrected chi connectivity index (χ0v) is 15.6. The number of nitrogens with zero attached hydrogens (tertiary/aromatic N) is 2. The standard InChI is InChI=1S/C19H20N4O2S/c1-12-9-10-16(25-3)15(11-12)20-18(24)21-19-23-22-17(26-19)13(2)14-7-5-4-6-8-14/h4-11,13H,1-3H3,(H2,20,21,23,24). The summed E-state index contributed by atoms with van der Waals surface area (Å²) < 4.78 is 5.27. The van der Waals surface area contributed by atoms with Crippen LogP contribution >= 0.6 is 11.3 Å². The van der Waals surface area contributed by atoms with Gasteiger partial charge in [-0.3, -0.25) is 5.32 Å². The minimum Gasteiger partial charge on any atom is -0.495 e. The molecule has 2 aromatic carbocycles. The van der Waals surface area contributed by atoms with Crippen LogP contribution in [0.2, 0.25) is 0 Å². The maximum Gasteiger partial charge on any atom is 0.325 e. The van der Waals surface area contributed by atoms with Gasteiger partial charge in [-0.05, 0) is 30.2 Å². The van der Waals surface area contributed by atoms with E-state index < -0.39 is 0 Å². The molecular formula is C19H20N4O2S. The van der Waals surface area contributed by atoms with Gasteiger partial charge in [-0.25, -0.2) is 4.79 Å². The molecule has 0 spiro atoms. The molecule has 1 atom stereocenters. The lowest BCUT2D eigenvalue weighted by molar-refractivity contribution is 0.262. The lowest BCUT2D eigenvalue weighted by Gasteiger charge is -2.10. The molecule has 2 N–H and O–H groups in total. The fraction of sp³-hybridized carbons (Fsp3) is 0.211. The van der Waals surface area contributed by atoms with E-state index in [2.05, 4.69) is 39.9 Å². The normalized spacial score (nSPS) is 11.7. The molecule has 26 heavy (non-hydrogen) atoms. The molecule has 134 valence electrons. The molecule has 0 aliphatic carbocycles. The topological polar surface area (TPSA) is 76.1 Å². The van der Waals surface area contributed by atoms with Crippen molar-refractivity contribution in [3.8, 4) is 5.75 Å². The molecule has 2 amide bonds. The molecule has 1 aromatic heterocycles. The zero-order valence-electron chi connectivity index (χ0n) is 14.8. The number of nitrogens with one attached hydrogen (secondary N) is 2. The van der Waals surface area contributed by atoms with Crippen LogP contribution in [0, 0.1) is 6.92 Å². The first-order valence-electron chi connectivity index (χ1n) is 8.18. The summed E-state index contributed by atoms with van der Waals surface area (Å²) in [6.45, 7) is 4.02. The fourth-order valence-electron chi connectivity index (χ4n) is 2.51. The number of aryl methyl sites for hydroxylation is 1.